The first-order valence-electron chi connectivity index (χ1n) is 5.85. The Kier molecular flexibility index (Phi) is 3.53. The maximum Gasteiger partial charge on any atom is 0.408 e. The van der Waals surface area contributed by atoms with E-state index in [4.69, 9.17) is 4.74 Å². The first kappa shape index (κ1) is 13.3. The topological polar surface area (TPSA) is 58.6 Å². The highest BCUT2D eigenvalue weighted by atomic mass is 16.6. The number of alkyl carbamates (subject to hydrolysis) is 1. The van der Waals surface area contributed by atoms with Crippen LogP contribution in [0.15, 0.2) is 0 Å². The van der Waals surface area contributed by atoms with E-state index in [-0.39, 0.29) is 5.92 Å². The zero-order valence-electron chi connectivity index (χ0n) is 10.8. The van der Waals surface area contributed by atoms with Gasteiger partial charge in [-0.1, -0.05) is 13.8 Å². The van der Waals surface area contributed by atoms with Crippen molar-refractivity contribution >= 4 is 6.09 Å². The molecule has 1 amide bonds. The number of rotatable bonds is 3. The van der Waals surface area contributed by atoms with Gasteiger partial charge >= 0.3 is 6.09 Å². The zero-order valence-corrected chi connectivity index (χ0v) is 10.8. The minimum atomic E-state index is -0.500. The van der Waals surface area contributed by atoms with Gasteiger partial charge in [0.25, 0.3) is 0 Å². The van der Waals surface area contributed by atoms with Crippen LogP contribution in [-0.4, -0.2) is 28.4 Å². The van der Waals surface area contributed by atoms with Gasteiger partial charge in [0, 0.05) is 0 Å². The van der Waals surface area contributed by atoms with Crippen LogP contribution in [0.1, 0.15) is 47.5 Å². The lowest BCUT2D eigenvalue weighted by Gasteiger charge is -2.28. The summed E-state index contributed by atoms with van der Waals surface area (Å²) in [4.78, 5) is 11.6. The molecule has 1 saturated carbocycles. The highest BCUT2D eigenvalue weighted by Gasteiger charge is 2.51. The van der Waals surface area contributed by atoms with Crippen LogP contribution in [0.3, 0.4) is 0 Å². The van der Waals surface area contributed by atoms with Crippen molar-refractivity contribution in [2.75, 3.05) is 0 Å². The number of ether oxygens (including phenoxy) is 1. The van der Waals surface area contributed by atoms with Crippen molar-refractivity contribution in [3.05, 3.63) is 0 Å². The van der Waals surface area contributed by atoms with E-state index in [9.17, 15) is 9.90 Å². The van der Waals surface area contributed by atoms with Crippen LogP contribution in [0.4, 0.5) is 4.79 Å². The van der Waals surface area contributed by atoms with Crippen molar-refractivity contribution < 1.29 is 14.6 Å². The summed E-state index contributed by atoms with van der Waals surface area (Å²) in [7, 11) is 0. The number of hydrogen-bond donors (Lipinski definition) is 2. The van der Waals surface area contributed by atoms with Crippen LogP contribution in [0.25, 0.3) is 0 Å². The monoisotopic (exact) mass is 229 g/mol. The summed E-state index contributed by atoms with van der Waals surface area (Å²) in [5, 5.41) is 12.8. The summed E-state index contributed by atoms with van der Waals surface area (Å²) in [6, 6.07) is 0. The molecular formula is C12H23NO3. The van der Waals surface area contributed by atoms with Gasteiger partial charge in [-0.3, -0.25) is 0 Å². The fourth-order valence-corrected chi connectivity index (χ4v) is 1.77. The van der Waals surface area contributed by atoms with Gasteiger partial charge in [0.15, 0.2) is 0 Å². The predicted octanol–water partition coefficient (Wildman–Crippen LogP) is 2.06. The lowest BCUT2D eigenvalue weighted by atomic mass is 9.98. The molecule has 1 unspecified atom stereocenters. The Labute approximate surface area is 97.4 Å². The lowest BCUT2D eigenvalue weighted by molar-refractivity contribution is 0.0314. The summed E-state index contributed by atoms with van der Waals surface area (Å²) < 4.78 is 5.18. The third-order valence-corrected chi connectivity index (χ3v) is 2.74. The minimum Gasteiger partial charge on any atom is -0.444 e. The Balaban J connectivity index is 2.51. The molecule has 94 valence electrons. The summed E-state index contributed by atoms with van der Waals surface area (Å²) >= 11 is 0. The normalized spacial score (nSPS) is 20.4. The molecule has 0 aromatic heterocycles. The second-order valence-electron chi connectivity index (χ2n) is 5.97. The highest BCUT2D eigenvalue weighted by Crippen LogP contribution is 2.41. The molecule has 0 radical (unpaired) electrons. The molecule has 1 rings (SSSR count). The van der Waals surface area contributed by atoms with Crippen molar-refractivity contribution in [3.8, 4) is 0 Å². The van der Waals surface area contributed by atoms with Gasteiger partial charge in [0.05, 0.1) is 11.6 Å². The van der Waals surface area contributed by atoms with E-state index < -0.39 is 23.3 Å². The van der Waals surface area contributed by atoms with E-state index in [0.717, 1.165) is 12.8 Å². The number of carbonyl (C=O) groups is 1. The van der Waals surface area contributed by atoms with Gasteiger partial charge in [0.2, 0.25) is 0 Å². The van der Waals surface area contributed by atoms with Gasteiger partial charge in [-0.15, -0.1) is 0 Å². The molecule has 0 aromatic rings. The Morgan fingerprint density at radius 3 is 2.19 bits per heavy atom. The third kappa shape index (κ3) is 3.37. The Morgan fingerprint density at radius 2 is 1.88 bits per heavy atom. The zero-order chi connectivity index (χ0) is 12.6. The van der Waals surface area contributed by atoms with Gasteiger partial charge in [-0.25, -0.2) is 4.79 Å². The van der Waals surface area contributed by atoms with Gasteiger partial charge < -0.3 is 15.2 Å². The van der Waals surface area contributed by atoms with E-state index in [2.05, 4.69) is 5.32 Å². The molecule has 16 heavy (non-hydrogen) atoms. The maximum atomic E-state index is 11.6. The van der Waals surface area contributed by atoms with E-state index in [1.54, 1.807) is 0 Å². The fourth-order valence-electron chi connectivity index (χ4n) is 1.77. The molecule has 0 aliphatic heterocycles. The molecule has 2 N–H and O–H groups in total. The molecule has 1 aliphatic carbocycles. The summed E-state index contributed by atoms with van der Waals surface area (Å²) in [6.45, 7) is 9.37. The average molecular weight is 229 g/mol. The van der Waals surface area contributed by atoms with Crippen molar-refractivity contribution in [1.29, 1.82) is 0 Å². The van der Waals surface area contributed by atoms with Crippen molar-refractivity contribution in [2.24, 2.45) is 5.92 Å². The van der Waals surface area contributed by atoms with Crippen LogP contribution in [0.5, 0.6) is 0 Å². The van der Waals surface area contributed by atoms with Crippen LogP contribution in [-0.2, 0) is 4.74 Å². The number of amides is 1. The summed E-state index contributed by atoms with van der Waals surface area (Å²) in [6.07, 6.45) is 0.710. The van der Waals surface area contributed by atoms with E-state index in [1.807, 2.05) is 34.6 Å². The molecular weight excluding hydrogens is 206 g/mol. The second-order valence-corrected chi connectivity index (χ2v) is 5.97. The standard InChI is InChI=1S/C12H23NO3/c1-8(2)9(14)12(6-7-12)13-10(15)16-11(3,4)5/h8-9,14H,6-7H2,1-5H3,(H,13,15). The largest absolute Gasteiger partial charge is 0.444 e. The van der Waals surface area contributed by atoms with Gasteiger partial charge in [-0.2, -0.15) is 0 Å². The smallest absolute Gasteiger partial charge is 0.408 e. The number of hydrogen-bond acceptors (Lipinski definition) is 3. The summed E-state index contributed by atoms with van der Waals surface area (Å²) in [5.74, 6) is 0.137. The van der Waals surface area contributed by atoms with Gasteiger partial charge in [0.1, 0.15) is 5.60 Å². The molecule has 0 spiro atoms. The molecule has 4 heteroatoms. The number of aliphatic hydroxyl groups excluding tert-OH is 1. The lowest BCUT2D eigenvalue weighted by Crippen LogP contribution is -2.49. The minimum absolute atomic E-state index is 0.137. The average Bonchev–Trinajstić information content (AvgIpc) is 2.80. The molecule has 0 saturated heterocycles. The third-order valence-electron chi connectivity index (χ3n) is 2.74. The molecule has 1 aliphatic rings. The maximum absolute atomic E-state index is 11.6. The van der Waals surface area contributed by atoms with Crippen LogP contribution < -0.4 is 5.32 Å². The Morgan fingerprint density at radius 1 is 1.38 bits per heavy atom. The molecule has 0 bridgehead atoms. The van der Waals surface area contributed by atoms with E-state index in [1.165, 1.54) is 0 Å². The van der Waals surface area contributed by atoms with E-state index in [0.29, 0.717) is 0 Å². The summed E-state index contributed by atoms with van der Waals surface area (Å²) in [5.41, 5.74) is -0.945. The van der Waals surface area contributed by atoms with Crippen molar-refractivity contribution in [1.82, 2.24) is 5.32 Å². The molecule has 4 nitrogen and oxygen atoms in total. The Hall–Kier alpha value is -0.770. The first-order chi connectivity index (χ1) is 7.16. The molecule has 0 heterocycles. The highest BCUT2D eigenvalue weighted by molar-refractivity contribution is 5.69. The predicted molar refractivity (Wildman–Crippen MR) is 62.2 cm³/mol. The molecule has 0 aromatic carbocycles. The quantitative estimate of drug-likeness (QED) is 0.778. The van der Waals surface area contributed by atoms with Crippen LogP contribution in [0.2, 0.25) is 0 Å². The SMILES string of the molecule is CC(C)C(O)C1(NC(=O)OC(C)(C)C)CC1. The van der Waals surface area contributed by atoms with Crippen LogP contribution >= 0.6 is 0 Å². The van der Waals surface area contributed by atoms with Crippen molar-refractivity contribution in [3.63, 3.8) is 0 Å². The van der Waals surface area contributed by atoms with Gasteiger partial charge in [-0.05, 0) is 39.5 Å². The van der Waals surface area contributed by atoms with Crippen LogP contribution in [0, 0.1) is 5.92 Å². The van der Waals surface area contributed by atoms with E-state index >= 15 is 0 Å². The second kappa shape index (κ2) is 4.24. The molecule has 1 fully saturated rings. The number of carbonyl (C=O) groups excluding carboxylic acids is 1. The first-order valence-corrected chi connectivity index (χ1v) is 5.85. The molecule has 1 atom stereocenters. The fraction of sp³-hybridized carbons (Fsp3) is 0.917. The van der Waals surface area contributed by atoms with Crippen molar-refractivity contribution in [2.45, 2.75) is 64.7 Å². The Bertz CT molecular complexity index is 264. The number of nitrogens with one attached hydrogen (secondary N) is 1. The number of aliphatic hydroxyl groups is 1.